The number of benzene rings is 2. The maximum Gasteiger partial charge on any atom is 0.0576 e. The molecule has 0 saturated heterocycles. The van der Waals surface area contributed by atoms with Crippen LogP contribution in [0.1, 0.15) is 69.9 Å². The van der Waals surface area contributed by atoms with Crippen LogP contribution in [0.15, 0.2) is 60.7 Å². The molecule has 0 fully saturated rings. The van der Waals surface area contributed by atoms with E-state index in [0.29, 0.717) is 12.0 Å². The van der Waals surface area contributed by atoms with E-state index in [0.717, 1.165) is 12.8 Å². The van der Waals surface area contributed by atoms with Crippen LogP contribution in [0.25, 0.3) is 0 Å². The average Bonchev–Trinajstić information content (AvgIpc) is 2.64. The lowest BCUT2D eigenvalue weighted by atomic mass is 9.87. The highest BCUT2D eigenvalue weighted by atomic mass is 16.5. The fourth-order valence-electron chi connectivity index (χ4n) is 3.35. The Morgan fingerprint density at radius 3 is 1.83 bits per heavy atom. The maximum atomic E-state index is 6.38. The first kappa shape index (κ1) is 18.7. The molecule has 2 atom stereocenters. The minimum atomic E-state index is 0.261. The Bertz CT molecular complexity index is 509. The molecule has 2 rings (SSSR count). The predicted octanol–water partition coefficient (Wildman–Crippen LogP) is 6.58. The van der Waals surface area contributed by atoms with Gasteiger partial charge in [-0.05, 0) is 37.3 Å². The van der Waals surface area contributed by atoms with Crippen molar-refractivity contribution in [1.29, 1.82) is 0 Å². The Balaban J connectivity index is 2.08. The summed E-state index contributed by atoms with van der Waals surface area (Å²) in [4.78, 5) is 0. The Kier molecular flexibility index (Phi) is 8.04. The van der Waals surface area contributed by atoms with E-state index in [2.05, 4.69) is 81.4 Å². The molecule has 24 heavy (non-hydrogen) atoms. The minimum Gasteiger partial charge on any atom is -0.375 e. The van der Waals surface area contributed by atoms with Crippen molar-refractivity contribution in [3.8, 4) is 0 Å². The largest absolute Gasteiger partial charge is 0.375 e. The molecule has 2 aromatic carbocycles. The number of hydrogen-bond acceptors (Lipinski definition) is 1. The van der Waals surface area contributed by atoms with Crippen molar-refractivity contribution < 1.29 is 4.74 Å². The summed E-state index contributed by atoms with van der Waals surface area (Å²) in [5, 5.41) is 0. The molecule has 1 nitrogen and oxygen atoms in total. The normalized spacial score (nSPS) is 13.8. The van der Waals surface area contributed by atoms with E-state index in [9.17, 15) is 0 Å². The first-order valence-electron chi connectivity index (χ1n) is 9.49. The number of ether oxygens (including phenoxy) is 1. The highest BCUT2D eigenvalue weighted by Crippen LogP contribution is 2.30. The van der Waals surface area contributed by atoms with Gasteiger partial charge in [-0.15, -0.1) is 0 Å². The Morgan fingerprint density at radius 1 is 0.833 bits per heavy atom. The summed E-state index contributed by atoms with van der Waals surface area (Å²) in [6, 6.07) is 21.6. The van der Waals surface area contributed by atoms with Crippen molar-refractivity contribution in [3.05, 3.63) is 71.8 Å². The van der Waals surface area contributed by atoms with E-state index in [1.54, 1.807) is 0 Å². The first-order valence-corrected chi connectivity index (χ1v) is 9.49. The van der Waals surface area contributed by atoms with Crippen LogP contribution >= 0.6 is 0 Å². The van der Waals surface area contributed by atoms with Gasteiger partial charge in [0.1, 0.15) is 0 Å². The number of rotatable bonds is 10. The van der Waals surface area contributed by atoms with Crippen molar-refractivity contribution in [1.82, 2.24) is 0 Å². The number of hydrogen-bond donors (Lipinski definition) is 0. The van der Waals surface area contributed by atoms with Gasteiger partial charge in [0.25, 0.3) is 0 Å². The van der Waals surface area contributed by atoms with Crippen molar-refractivity contribution in [2.75, 3.05) is 0 Å². The summed E-state index contributed by atoms with van der Waals surface area (Å²) in [5.41, 5.74) is 2.75. The zero-order valence-corrected chi connectivity index (χ0v) is 15.4. The molecule has 130 valence electrons. The monoisotopic (exact) mass is 324 g/mol. The lowest BCUT2D eigenvalue weighted by molar-refractivity contribution is -0.0148. The van der Waals surface area contributed by atoms with Crippen molar-refractivity contribution in [2.24, 2.45) is 0 Å². The van der Waals surface area contributed by atoms with Crippen LogP contribution < -0.4 is 0 Å². The van der Waals surface area contributed by atoms with E-state index in [1.807, 2.05) is 0 Å². The van der Waals surface area contributed by atoms with Crippen molar-refractivity contribution >= 4 is 0 Å². The lowest BCUT2D eigenvalue weighted by Crippen LogP contribution is -2.22. The van der Waals surface area contributed by atoms with Crippen molar-refractivity contribution in [3.63, 3.8) is 0 Å². The predicted molar refractivity (Wildman–Crippen MR) is 103 cm³/mol. The molecular weight excluding hydrogens is 292 g/mol. The molecule has 0 aliphatic heterocycles. The van der Waals surface area contributed by atoms with Crippen LogP contribution in [0.3, 0.4) is 0 Å². The minimum absolute atomic E-state index is 0.261. The van der Waals surface area contributed by atoms with Gasteiger partial charge in [0.2, 0.25) is 0 Å². The van der Waals surface area contributed by atoms with Crippen LogP contribution in [-0.4, -0.2) is 12.2 Å². The van der Waals surface area contributed by atoms with E-state index in [4.69, 9.17) is 4.74 Å². The van der Waals surface area contributed by atoms with E-state index in [-0.39, 0.29) is 6.10 Å². The Morgan fingerprint density at radius 2 is 1.38 bits per heavy atom. The second kappa shape index (κ2) is 10.3. The summed E-state index contributed by atoms with van der Waals surface area (Å²) in [6.45, 7) is 6.71. The second-order valence-corrected chi connectivity index (χ2v) is 6.73. The van der Waals surface area contributed by atoms with Crippen LogP contribution in [0.4, 0.5) is 0 Å². The van der Waals surface area contributed by atoms with Gasteiger partial charge in [-0.1, -0.05) is 87.4 Å². The van der Waals surface area contributed by atoms with Gasteiger partial charge in [0, 0.05) is 5.92 Å². The quantitative estimate of drug-likeness (QED) is 0.479. The highest BCUT2D eigenvalue weighted by molar-refractivity contribution is 5.32. The summed E-state index contributed by atoms with van der Waals surface area (Å²) in [5.74, 6) is 0.395. The van der Waals surface area contributed by atoms with Crippen LogP contribution in [0, 0.1) is 0 Å². The summed E-state index contributed by atoms with van der Waals surface area (Å²) in [6.07, 6.45) is 6.46. The lowest BCUT2D eigenvalue weighted by Gasteiger charge is -2.26. The molecule has 0 spiro atoms. The van der Waals surface area contributed by atoms with Crippen LogP contribution in [0.2, 0.25) is 0 Å². The van der Waals surface area contributed by atoms with Crippen LogP contribution in [0.5, 0.6) is 0 Å². The molecule has 0 bridgehead atoms. The molecule has 2 aromatic rings. The standard InChI is InChI=1S/C23H32O/c1-4-6-17-22(5-2)24-19(3)18-23(20-13-9-7-10-14-20)21-15-11-8-12-16-21/h7-16,19,22-23H,4-6,17-18H2,1-3H3. The highest BCUT2D eigenvalue weighted by Gasteiger charge is 2.19. The SMILES string of the molecule is CCCCC(CC)OC(C)CC(c1ccccc1)c1ccccc1. The zero-order valence-electron chi connectivity index (χ0n) is 15.4. The van der Waals surface area contributed by atoms with E-state index >= 15 is 0 Å². The molecule has 0 aliphatic carbocycles. The maximum absolute atomic E-state index is 6.38. The second-order valence-electron chi connectivity index (χ2n) is 6.73. The van der Waals surface area contributed by atoms with Gasteiger partial charge < -0.3 is 4.74 Å². The topological polar surface area (TPSA) is 9.23 Å². The van der Waals surface area contributed by atoms with E-state index < -0.39 is 0 Å². The third-order valence-electron chi connectivity index (χ3n) is 4.73. The molecule has 1 heteroatoms. The van der Waals surface area contributed by atoms with Crippen LogP contribution in [-0.2, 0) is 4.74 Å². The van der Waals surface area contributed by atoms with Gasteiger partial charge in [-0.2, -0.15) is 0 Å². The molecule has 0 N–H and O–H groups in total. The molecule has 0 saturated carbocycles. The summed E-state index contributed by atoms with van der Waals surface area (Å²) < 4.78 is 6.38. The fourth-order valence-corrected chi connectivity index (χ4v) is 3.35. The third kappa shape index (κ3) is 5.79. The zero-order chi connectivity index (χ0) is 17.2. The molecule has 0 amide bonds. The molecule has 0 aliphatic rings. The van der Waals surface area contributed by atoms with Gasteiger partial charge in [0.15, 0.2) is 0 Å². The molecule has 0 aromatic heterocycles. The first-order chi connectivity index (χ1) is 11.7. The van der Waals surface area contributed by atoms with Gasteiger partial charge >= 0.3 is 0 Å². The summed E-state index contributed by atoms with van der Waals surface area (Å²) >= 11 is 0. The van der Waals surface area contributed by atoms with Gasteiger partial charge in [0.05, 0.1) is 12.2 Å². The summed E-state index contributed by atoms with van der Waals surface area (Å²) in [7, 11) is 0. The smallest absolute Gasteiger partial charge is 0.0576 e. The van der Waals surface area contributed by atoms with Crippen molar-refractivity contribution in [2.45, 2.75) is 71.0 Å². The van der Waals surface area contributed by atoms with Gasteiger partial charge in [-0.3, -0.25) is 0 Å². The van der Waals surface area contributed by atoms with E-state index in [1.165, 1.54) is 30.4 Å². The fraction of sp³-hybridized carbons (Fsp3) is 0.478. The van der Waals surface area contributed by atoms with Gasteiger partial charge in [-0.25, -0.2) is 0 Å². The Labute approximate surface area is 148 Å². The number of unbranched alkanes of at least 4 members (excludes halogenated alkanes) is 1. The Hall–Kier alpha value is -1.60. The third-order valence-corrected chi connectivity index (χ3v) is 4.73. The molecule has 2 unspecified atom stereocenters. The molecular formula is C23H32O. The average molecular weight is 325 g/mol. The molecule has 0 radical (unpaired) electrons. The molecule has 0 heterocycles.